The summed E-state index contributed by atoms with van der Waals surface area (Å²) < 4.78 is 0. The van der Waals surface area contributed by atoms with E-state index in [-0.39, 0.29) is 37.1 Å². The molecule has 2 aromatic carbocycles. The quantitative estimate of drug-likeness (QED) is 0.464. The molecule has 2 saturated heterocycles. The molecule has 2 heterocycles. The lowest BCUT2D eigenvalue weighted by molar-refractivity contribution is -0.143. The molecule has 36 heavy (non-hydrogen) atoms. The SMILES string of the molecule is O=C(O)c1ccccc1SC1CC(=O)N(CCN2C(=O)CC(Sc3ccccc3C(=O)O)C2=O)C1=O. The maximum Gasteiger partial charge on any atom is 0.336 e. The van der Waals surface area contributed by atoms with Crippen molar-refractivity contribution in [2.24, 2.45) is 0 Å². The Morgan fingerprint density at radius 2 is 1.06 bits per heavy atom. The zero-order valence-electron chi connectivity index (χ0n) is 18.7. The van der Waals surface area contributed by atoms with Gasteiger partial charge in [0, 0.05) is 35.7 Å². The minimum absolute atomic E-state index is 0.0301. The molecule has 10 nitrogen and oxygen atoms in total. The van der Waals surface area contributed by atoms with E-state index in [1.54, 1.807) is 36.4 Å². The molecule has 12 heteroatoms. The van der Waals surface area contributed by atoms with Gasteiger partial charge in [0.25, 0.3) is 0 Å². The summed E-state index contributed by atoms with van der Waals surface area (Å²) in [6.07, 6.45) is -0.242. The minimum atomic E-state index is -1.14. The highest BCUT2D eigenvalue weighted by Crippen LogP contribution is 2.35. The first kappa shape index (κ1) is 25.5. The number of rotatable bonds is 9. The van der Waals surface area contributed by atoms with Gasteiger partial charge in [-0.1, -0.05) is 24.3 Å². The summed E-state index contributed by atoms with van der Waals surface area (Å²) in [5.74, 6) is -4.24. The van der Waals surface area contributed by atoms with Crippen molar-refractivity contribution in [1.29, 1.82) is 0 Å². The van der Waals surface area contributed by atoms with Crippen LogP contribution >= 0.6 is 23.5 Å². The van der Waals surface area contributed by atoms with E-state index in [2.05, 4.69) is 0 Å². The maximum absolute atomic E-state index is 12.9. The van der Waals surface area contributed by atoms with E-state index in [1.807, 2.05) is 0 Å². The molecule has 2 aliphatic rings. The van der Waals surface area contributed by atoms with Gasteiger partial charge in [0.05, 0.1) is 21.6 Å². The maximum atomic E-state index is 12.9. The molecule has 4 amide bonds. The number of benzene rings is 2. The second-order valence-corrected chi connectivity index (χ2v) is 10.5. The first-order valence-electron chi connectivity index (χ1n) is 10.8. The van der Waals surface area contributed by atoms with Crippen LogP contribution in [-0.4, -0.2) is 79.2 Å². The number of imide groups is 2. The molecule has 4 rings (SSSR count). The predicted molar refractivity (Wildman–Crippen MR) is 129 cm³/mol. The number of aromatic carboxylic acids is 2. The smallest absolute Gasteiger partial charge is 0.336 e. The standard InChI is InChI=1S/C24H20N2O8S2/c27-19-11-17(35-15-7-3-1-5-13(15)23(31)32)21(29)25(19)9-10-26-20(28)12-18(22(26)30)36-16-8-4-2-6-14(16)24(33)34/h1-8,17-18H,9-12H2,(H,31,32)(H,33,34). The van der Waals surface area contributed by atoms with E-state index in [1.165, 1.54) is 12.1 Å². The van der Waals surface area contributed by atoms with Gasteiger partial charge in [-0.05, 0) is 24.3 Å². The average Bonchev–Trinajstić information content (AvgIpc) is 3.26. The summed E-state index contributed by atoms with van der Waals surface area (Å²) >= 11 is 1.99. The summed E-state index contributed by atoms with van der Waals surface area (Å²) in [7, 11) is 0. The van der Waals surface area contributed by atoms with E-state index < -0.39 is 46.1 Å². The number of carboxylic acids is 2. The van der Waals surface area contributed by atoms with Crippen LogP contribution in [0.25, 0.3) is 0 Å². The fourth-order valence-electron chi connectivity index (χ4n) is 3.96. The minimum Gasteiger partial charge on any atom is -0.478 e. The number of carboxylic acid groups (broad SMARTS) is 2. The molecule has 0 saturated carbocycles. The number of amides is 4. The van der Waals surface area contributed by atoms with Gasteiger partial charge >= 0.3 is 11.9 Å². The van der Waals surface area contributed by atoms with Crippen LogP contribution in [0.4, 0.5) is 0 Å². The highest BCUT2D eigenvalue weighted by atomic mass is 32.2. The lowest BCUT2D eigenvalue weighted by Crippen LogP contribution is -2.41. The van der Waals surface area contributed by atoms with Crippen molar-refractivity contribution in [1.82, 2.24) is 9.80 Å². The van der Waals surface area contributed by atoms with Crippen molar-refractivity contribution in [3.63, 3.8) is 0 Å². The number of likely N-dealkylation sites (tertiary alicyclic amines) is 2. The number of hydrogen-bond donors (Lipinski definition) is 2. The van der Waals surface area contributed by atoms with Crippen LogP contribution in [0.1, 0.15) is 33.6 Å². The van der Waals surface area contributed by atoms with Crippen LogP contribution in [0.3, 0.4) is 0 Å². The summed E-state index contributed by atoms with van der Waals surface area (Å²) in [6.45, 7) is -0.342. The molecule has 0 spiro atoms. The summed E-state index contributed by atoms with van der Waals surface area (Å²) in [5, 5.41) is 17.1. The van der Waals surface area contributed by atoms with Crippen molar-refractivity contribution >= 4 is 59.1 Å². The predicted octanol–water partition coefficient (Wildman–Crippen LogP) is 2.22. The number of carbonyl (C=O) groups excluding carboxylic acids is 4. The molecule has 2 aromatic rings. The zero-order chi connectivity index (χ0) is 26.0. The lowest BCUT2D eigenvalue weighted by Gasteiger charge is -2.20. The molecule has 0 aliphatic carbocycles. The van der Waals surface area contributed by atoms with E-state index in [9.17, 15) is 39.0 Å². The molecule has 0 radical (unpaired) electrons. The molecule has 2 unspecified atom stereocenters. The topological polar surface area (TPSA) is 149 Å². The van der Waals surface area contributed by atoms with Crippen molar-refractivity contribution in [3.05, 3.63) is 59.7 Å². The molecule has 186 valence electrons. The van der Waals surface area contributed by atoms with Gasteiger partial charge in [-0.2, -0.15) is 0 Å². The van der Waals surface area contributed by atoms with Gasteiger partial charge < -0.3 is 10.2 Å². The molecule has 2 atom stereocenters. The Morgan fingerprint density at radius 1 is 0.694 bits per heavy atom. The summed E-state index contributed by atoms with van der Waals surface area (Å²) in [5.41, 5.74) is 0.0601. The normalized spacial score (nSPS) is 19.9. The average molecular weight is 529 g/mol. The largest absolute Gasteiger partial charge is 0.478 e. The zero-order valence-corrected chi connectivity index (χ0v) is 20.3. The van der Waals surface area contributed by atoms with Crippen LogP contribution in [0.5, 0.6) is 0 Å². The van der Waals surface area contributed by atoms with Gasteiger partial charge in [-0.25, -0.2) is 9.59 Å². The fraction of sp³-hybridized carbons (Fsp3) is 0.250. The van der Waals surface area contributed by atoms with Gasteiger partial charge in [-0.15, -0.1) is 23.5 Å². The number of hydrogen-bond acceptors (Lipinski definition) is 8. The number of thioether (sulfide) groups is 2. The van der Waals surface area contributed by atoms with Gasteiger partial charge in [0.1, 0.15) is 0 Å². The second-order valence-electron chi connectivity index (χ2n) is 7.99. The Kier molecular flexibility index (Phi) is 7.45. The van der Waals surface area contributed by atoms with Gasteiger partial charge in [0.15, 0.2) is 0 Å². The van der Waals surface area contributed by atoms with E-state index >= 15 is 0 Å². The first-order valence-corrected chi connectivity index (χ1v) is 12.6. The molecule has 0 bridgehead atoms. The van der Waals surface area contributed by atoms with Crippen molar-refractivity contribution in [3.8, 4) is 0 Å². The van der Waals surface area contributed by atoms with Crippen LogP contribution < -0.4 is 0 Å². The Hall–Kier alpha value is -3.64. The van der Waals surface area contributed by atoms with Crippen molar-refractivity contribution < 1.29 is 39.0 Å². The number of nitrogens with zero attached hydrogens (tertiary/aromatic N) is 2. The van der Waals surface area contributed by atoms with Crippen molar-refractivity contribution in [2.75, 3.05) is 13.1 Å². The number of carbonyl (C=O) groups is 6. The van der Waals surface area contributed by atoms with Crippen LogP contribution in [0.15, 0.2) is 58.3 Å². The molecule has 0 aromatic heterocycles. The molecule has 2 aliphatic heterocycles. The van der Waals surface area contributed by atoms with E-state index in [0.717, 1.165) is 33.3 Å². The Bertz CT molecular complexity index is 1180. The Morgan fingerprint density at radius 3 is 1.42 bits per heavy atom. The third-order valence-corrected chi connectivity index (χ3v) is 8.25. The van der Waals surface area contributed by atoms with E-state index in [0.29, 0.717) is 9.79 Å². The summed E-state index contributed by atoms with van der Waals surface area (Å²) in [4.78, 5) is 76.3. The van der Waals surface area contributed by atoms with Crippen LogP contribution in [0, 0.1) is 0 Å². The Labute approximate surface area is 213 Å². The monoisotopic (exact) mass is 528 g/mol. The fourth-order valence-corrected chi connectivity index (χ4v) is 6.36. The van der Waals surface area contributed by atoms with Gasteiger partial charge in [-0.3, -0.25) is 29.0 Å². The second kappa shape index (κ2) is 10.5. The van der Waals surface area contributed by atoms with E-state index in [4.69, 9.17) is 0 Å². The van der Waals surface area contributed by atoms with Crippen LogP contribution in [-0.2, 0) is 19.2 Å². The highest BCUT2D eigenvalue weighted by Gasteiger charge is 2.43. The first-order chi connectivity index (χ1) is 17.2. The highest BCUT2D eigenvalue weighted by molar-refractivity contribution is 8.01. The molecule has 2 N–H and O–H groups in total. The molecular weight excluding hydrogens is 508 g/mol. The third kappa shape index (κ3) is 5.14. The lowest BCUT2D eigenvalue weighted by atomic mass is 10.2. The molecule has 2 fully saturated rings. The third-order valence-electron chi connectivity index (χ3n) is 5.73. The summed E-state index contributed by atoms with van der Waals surface area (Å²) in [6, 6.07) is 12.4. The van der Waals surface area contributed by atoms with Crippen molar-refractivity contribution in [2.45, 2.75) is 33.1 Å². The molecular formula is C24H20N2O8S2. The van der Waals surface area contributed by atoms with Gasteiger partial charge in [0.2, 0.25) is 23.6 Å². The van der Waals surface area contributed by atoms with Crippen LogP contribution in [0.2, 0.25) is 0 Å². The Balaban J connectivity index is 1.39.